The zero-order valence-electron chi connectivity index (χ0n) is 18.1. The Labute approximate surface area is 199 Å². The molecule has 0 radical (unpaired) electrons. The van der Waals surface area contributed by atoms with Crippen LogP contribution < -0.4 is 5.32 Å². The van der Waals surface area contributed by atoms with Gasteiger partial charge in [-0.05, 0) is 48.4 Å². The number of nitrogens with zero attached hydrogens (tertiary/aromatic N) is 2. The van der Waals surface area contributed by atoms with Gasteiger partial charge in [0.05, 0.1) is 27.5 Å². The lowest BCUT2D eigenvalue weighted by Crippen LogP contribution is -2.46. The van der Waals surface area contributed by atoms with E-state index in [0.717, 1.165) is 29.0 Å². The molecule has 0 saturated carbocycles. The Kier molecular flexibility index (Phi) is 6.72. The number of hydrogen-bond donors (Lipinski definition) is 2. The monoisotopic (exact) mass is 488 g/mol. The highest BCUT2D eigenvalue weighted by molar-refractivity contribution is 6.30. The highest BCUT2D eigenvalue weighted by Crippen LogP contribution is 2.38. The van der Waals surface area contributed by atoms with Gasteiger partial charge in [-0.2, -0.15) is 18.3 Å². The van der Waals surface area contributed by atoms with Gasteiger partial charge in [0.2, 0.25) is 0 Å². The summed E-state index contributed by atoms with van der Waals surface area (Å²) in [6, 6.07) is 15.1. The van der Waals surface area contributed by atoms with Gasteiger partial charge in [0.25, 0.3) is 0 Å². The third kappa shape index (κ3) is 5.13. The lowest BCUT2D eigenvalue weighted by atomic mass is 9.79. The molecule has 4 rings (SSSR count). The van der Waals surface area contributed by atoms with Crippen molar-refractivity contribution < 1.29 is 17.6 Å². The summed E-state index contributed by atoms with van der Waals surface area (Å²) in [6.07, 6.45) is -1.38. The van der Waals surface area contributed by atoms with E-state index in [9.17, 15) is 17.6 Å². The summed E-state index contributed by atoms with van der Waals surface area (Å²) in [5.74, 6) is -0.988. The fraction of sp³-hybridized carbons (Fsp3) is 0.200. The van der Waals surface area contributed by atoms with E-state index in [1.165, 1.54) is 6.20 Å². The molecular weight excluding hydrogens is 468 g/mol. The van der Waals surface area contributed by atoms with Crippen LogP contribution in [0.1, 0.15) is 33.6 Å². The Morgan fingerprint density at radius 1 is 1.00 bits per heavy atom. The molecule has 34 heavy (non-hydrogen) atoms. The Morgan fingerprint density at radius 2 is 1.74 bits per heavy atom. The molecule has 2 N–H and O–H groups in total. The molecule has 1 unspecified atom stereocenters. The number of halogens is 5. The predicted molar refractivity (Wildman–Crippen MR) is 122 cm³/mol. The van der Waals surface area contributed by atoms with E-state index in [-0.39, 0.29) is 18.5 Å². The number of pyridine rings is 1. The summed E-state index contributed by atoms with van der Waals surface area (Å²) in [5, 5.41) is 10.6. The van der Waals surface area contributed by atoms with Crippen LogP contribution in [-0.2, 0) is 24.7 Å². The second-order valence-electron chi connectivity index (χ2n) is 8.01. The van der Waals surface area contributed by atoms with Crippen molar-refractivity contribution in [3.63, 3.8) is 0 Å². The normalized spacial score (nSPS) is 13.6. The summed E-state index contributed by atoms with van der Waals surface area (Å²) in [7, 11) is 0. The zero-order valence-corrected chi connectivity index (χ0v) is 18.9. The summed E-state index contributed by atoms with van der Waals surface area (Å²) < 4.78 is 55.5. The molecule has 2 aromatic carbocycles. The quantitative estimate of drug-likeness (QED) is 0.304. The van der Waals surface area contributed by atoms with E-state index in [2.05, 4.69) is 20.5 Å². The topological polar surface area (TPSA) is 53.6 Å². The van der Waals surface area contributed by atoms with Crippen molar-refractivity contribution in [2.45, 2.75) is 31.6 Å². The van der Waals surface area contributed by atoms with Gasteiger partial charge in [0.1, 0.15) is 5.82 Å². The van der Waals surface area contributed by atoms with Crippen LogP contribution in [0.15, 0.2) is 73.1 Å². The number of hydrogen-bond acceptors (Lipinski definition) is 3. The lowest BCUT2D eigenvalue weighted by molar-refractivity contribution is -0.137. The van der Waals surface area contributed by atoms with Gasteiger partial charge in [-0.15, -0.1) is 0 Å². The standard InChI is InChI=1S/C25H21ClF4N4/c1-16-18(14-33-34-16)13-32-24(12-17-5-3-2-4-6-17,23-8-7-21(26)15-31-23)19-9-20(25(28,29)30)11-22(27)10-19/h2-11,14-15,32H,12-13H2,1H3,(H,33,34). The first-order valence-electron chi connectivity index (χ1n) is 10.5. The molecule has 9 heteroatoms. The molecule has 1 atom stereocenters. The van der Waals surface area contributed by atoms with E-state index >= 15 is 0 Å². The SMILES string of the molecule is Cc1n[nH]cc1CNC(Cc1ccccc1)(c1cc(F)cc(C(F)(F)F)c1)c1ccc(Cl)cn1. The molecule has 2 heterocycles. The Morgan fingerprint density at radius 3 is 2.35 bits per heavy atom. The van der Waals surface area contributed by atoms with Gasteiger partial charge in [-0.1, -0.05) is 41.9 Å². The maximum absolute atomic E-state index is 14.6. The van der Waals surface area contributed by atoms with Crippen LogP contribution >= 0.6 is 11.6 Å². The van der Waals surface area contributed by atoms with Gasteiger partial charge in [0.15, 0.2) is 0 Å². The second-order valence-corrected chi connectivity index (χ2v) is 8.44. The molecule has 0 amide bonds. The number of aromatic amines is 1. The van der Waals surface area contributed by atoms with E-state index in [4.69, 9.17) is 11.6 Å². The summed E-state index contributed by atoms with van der Waals surface area (Å²) in [5.41, 5.74) is 0.501. The molecule has 0 aliphatic heterocycles. The summed E-state index contributed by atoms with van der Waals surface area (Å²) >= 11 is 6.05. The minimum Gasteiger partial charge on any atom is -0.298 e. The average molecular weight is 489 g/mol. The van der Waals surface area contributed by atoms with Crippen molar-refractivity contribution in [1.29, 1.82) is 0 Å². The van der Waals surface area contributed by atoms with Crippen molar-refractivity contribution in [2.24, 2.45) is 0 Å². The largest absolute Gasteiger partial charge is 0.416 e. The Hall–Kier alpha value is -3.23. The van der Waals surface area contributed by atoms with E-state index in [1.807, 2.05) is 37.3 Å². The maximum Gasteiger partial charge on any atom is 0.416 e. The lowest BCUT2D eigenvalue weighted by Gasteiger charge is -2.36. The number of aromatic nitrogens is 3. The smallest absolute Gasteiger partial charge is 0.298 e. The van der Waals surface area contributed by atoms with Crippen LogP contribution in [-0.4, -0.2) is 15.2 Å². The van der Waals surface area contributed by atoms with Crippen molar-refractivity contribution >= 4 is 11.6 Å². The minimum atomic E-state index is -4.72. The molecule has 176 valence electrons. The highest BCUT2D eigenvalue weighted by Gasteiger charge is 2.39. The molecule has 0 aliphatic rings. The fourth-order valence-corrected chi connectivity index (χ4v) is 4.05. The number of rotatable bonds is 7. The van der Waals surface area contributed by atoms with E-state index in [1.54, 1.807) is 18.3 Å². The van der Waals surface area contributed by atoms with Crippen molar-refractivity contribution in [3.8, 4) is 0 Å². The number of nitrogens with one attached hydrogen (secondary N) is 2. The summed E-state index contributed by atoms with van der Waals surface area (Å²) in [6.45, 7) is 2.06. The second kappa shape index (κ2) is 9.56. The molecule has 4 aromatic rings. The van der Waals surface area contributed by atoms with E-state index < -0.39 is 23.1 Å². The van der Waals surface area contributed by atoms with Gasteiger partial charge in [-0.3, -0.25) is 15.4 Å². The van der Waals surface area contributed by atoms with E-state index in [0.29, 0.717) is 16.8 Å². The van der Waals surface area contributed by atoms with Crippen LogP contribution in [0, 0.1) is 12.7 Å². The van der Waals surface area contributed by atoms with Crippen LogP contribution in [0.25, 0.3) is 0 Å². The molecule has 2 aromatic heterocycles. The third-order valence-corrected chi connectivity index (χ3v) is 5.93. The van der Waals surface area contributed by atoms with Crippen LogP contribution in [0.4, 0.5) is 17.6 Å². The minimum absolute atomic E-state index is 0.0969. The highest BCUT2D eigenvalue weighted by atomic mass is 35.5. The number of aryl methyl sites for hydroxylation is 1. The Bertz CT molecular complexity index is 1260. The van der Waals surface area contributed by atoms with Crippen molar-refractivity contribution in [3.05, 3.63) is 118 Å². The molecule has 4 nitrogen and oxygen atoms in total. The van der Waals surface area contributed by atoms with Crippen LogP contribution in [0.5, 0.6) is 0 Å². The van der Waals surface area contributed by atoms with Crippen molar-refractivity contribution in [1.82, 2.24) is 20.5 Å². The average Bonchev–Trinajstić information content (AvgIpc) is 3.21. The molecule has 0 bridgehead atoms. The molecule has 0 spiro atoms. The first-order chi connectivity index (χ1) is 16.2. The maximum atomic E-state index is 14.6. The van der Waals surface area contributed by atoms with Gasteiger partial charge in [-0.25, -0.2) is 4.39 Å². The first-order valence-corrected chi connectivity index (χ1v) is 10.8. The fourth-order valence-electron chi connectivity index (χ4n) is 3.93. The summed E-state index contributed by atoms with van der Waals surface area (Å²) in [4.78, 5) is 4.45. The van der Waals surface area contributed by atoms with Crippen LogP contribution in [0.2, 0.25) is 5.02 Å². The van der Waals surface area contributed by atoms with Gasteiger partial charge in [0, 0.05) is 30.9 Å². The number of H-pyrrole nitrogens is 1. The van der Waals surface area contributed by atoms with Gasteiger partial charge < -0.3 is 0 Å². The first kappa shape index (κ1) is 23.9. The predicted octanol–water partition coefficient (Wildman–Crippen LogP) is 6.20. The van der Waals surface area contributed by atoms with Crippen LogP contribution in [0.3, 0.4) is 0 Å². The number of benzene rings is 2. The zero-order chi connectivity index (χ0) is 24.3. The molecule has 0 aliphatic carbocycles. The van der Waals surface area contributed by atoms with Gasteiger partial charge >= 0.3 is 6.18 Å². The number of alkyl halides is 3. The van der Waals surface area contributed by atoms with Crippen molar-refractivity contribution in [2.75, 3.05) is 0 Å². The molecular formula is C25H21ClF4N4. The molecule has 0 fully saturated rings. The third-order valence-electron chi connectivity index (χ3n) is 5.71. The Balaban J connectivity index is 1.94. The molecule has 0 saturated heterocycles.